The second kappa shape index (κ2) is 7.87. The summed E-state index contributed by atoms with van der Waals surface area (Å²) in [6, 6.07) is 20.9. The molecule has 0 fully saturated rings. The van der Waals surface area contributed by atoms with E-state index in [0.717, 1.165) is 49.8 Å². The quantitative estimate of drug-likeness (QED) is 0.273. The Labute approximate surface area is 200 Å². The summed E-state index contributed by atoms with van der Waals surface area (Å²) in [5, 5.41) is 7.81. The molecule has 0 amide bonds. The summed E-state index contributed by atoms with van der Waals surface area (Å²) in [6.07, 6.45) is 2.63. The summed E-state index contributed by atoms with van der Waals surface area (Å²) in [6.45, 7) is 4.32. The van der Waals surface area contributed by atoms with E-state index in [9.17, 15) is 0 Å². The fourth-order valence-electron chi connectivity index (χ4n) is 4.60. The maximum absolute atomic E-state index is 6.13. The minimum Gasteiger partial charge on any atom is -0.354 e. The second-order valence-corrected chi connectivity index (χ2v) is 9.79. The van der Waals surface area contributed by atoms with Gasteiger partial charge in [0.2, 0.25) is 0 Å². The van der Waals surface area contributed by atoms with Gasteiger partial charge in [-0.05, 0) is 48.7 Å². The number of aromatic amines is 1. The summed E-state index contributed by atoms with van der Waals surface area (Å²) >= 11 is 7.81. The Kier molecular flexibility index (Phi) is 4.82. The van der Waals surface area contributed by atoms with Gasteiger partial charge >= 0.3 is 0 Å². The predicted molar refractivity (Wildman–Crippen MR) is 141 cm³/mol. The van der Waals surface area contributed by atoms with Crippen molar-refractivity contribution in [2.45, 2.75) is 20.3 Å². The van der Waals surface area contributed by atoms with E-state index in [4.69, 9.17) is 11.6 Å². The van der Waals surface area contributed by atoms with Crippen molar-refractivity contribution in [2.75, 3.05) is 5.32 Å². The molecule has 0 radical (unpaired) electrons. The molecule has 0 aliphatic heterocycles. The standard InChI is InChI=1S/C27H21ClN4S/c1-3-16-5-4-6-21-20-12-11-19(13-22(20)32-25(16)21)31-26-24-23(17-7-9-18(28)10-8-17)15(2)33-27(24)30-14-29-26/h4-14,32H,3H2,1-2H3,(H,29,30,31). The molecule has 2 N–H and O–H groups in total. The number of thiophene rings is 1. The number of H-pyrrole nitrogens is 1. The van der Waals surface area contributed by atoms with Crippen molar-refractivity contribution in [1.82, 2.24) is 15.0 Å². The second-order valence-electron chi connectivity index (χ2n) is 8.15. The number of fused-ring (bicyclic) bond motifs is 4. The number of hydrogen-bond acceptors (Lipinski definition) is 4. The Morgan fingerprint density at radius 3 is 2.67 bits per heavy atom. The highest BCUT2D eigenvalue weighted by atomic mass is 35.5. The summed E-state index contributed by atoms with van der Waals surface area (Å²) in [7, 11) is 0. The largest absolute Gasteiger partial charge is 0.354 e. The van der Waals surface area contributed by atoms with E-state index in [-0.39, 0.29) is 0 Å². The zero-order chi connectivity index (χ0) is 22.5. The van der Waals surface area contributed by atoms with E-state index >= 15 is 0 Å². The molecule has 0 unspecified atom stereocenters. The third-order valence-corrected chi connectivity index (χ3v) is 7.43. The molecule has 6 rings (SSSR count). The van der Waals surface area contributed by atoms with Crippen LogP contribution in [0.4, 0.5) is 11.5 Å². The van der Waals surface area contributed by atoms with Crippen LogP contribution in [0.3, 0.4) is 0 Å². The van der Waals surface area contributed by atoms with Crippen molar-refractivity contribution >= 4 is 66.5 Å². The van der Waals surface area contributed by atoms with Crippen molar-refractivity contribution in [3.8, 4) is 11.1 Å². The molecule has 162 valence electrons. The van der Waals surface area contributed by atoms with Crippen molar-refractivity contribution in [2.24, 2.45) is 0 Å². The summed E-state index contributed by atoms with van der Waals surface area (Å²) in [5.41, 5.74) is 6.90. The molecule has 0 saturated heterocycles. The Morgan fingerprint density at radius 1 is 1.00 bits per heavy atom. The van der Waals surface area contributed by atoms with E-state index in [1.807, 2.05) is 12.1 Å². The Balaban J connectivity index is 1.48. The van der Waals surface area contributed by atoms with E-state index in [0.29, 0.717) is 0 Å². The lowest BCUT2D eigenvalue weighted by Crippen LogP contribution is -1.95. The number of anilines is 2. The Bertz CT molecular complexity index is 1650. The van der Waals surface area contributed by atoms with Gasteiger partial charge in [-0.25, -0.2) is 9.97 Å². The van der Waals surface area contributed by atoms with Crippen molar-refractivity contribution in [1.29, 1.82) is 0 Å². The highest BCUT2D eigenvalue weighted by Gasteiger charge is 2.17. The third-order valence-electron chi connectivity index (χ3n) is 6.16. The average molecular weight is 469 g/mol. The van der Waals surface area contributed by atoms with Gasteiger partial charge in [0.1, 0.15) is 17.0 Å². The smallest absolute Gasteiger partial charge is 0.143 e. The minimum absolute atomic E-state index is 0.725. The van der Waals surface area contributed by atoms with Gasteiger partial charge in [0.15, 0.2) is 0 Å². The highest BCUT2D eigenvalue weighted by molar-refractivity contribution is 7.19. The molecule has 0 saturated carbocycles. The fraction of sp³-hybridized carbons (Fsp3) is 0.111. The number of hydrogen-bond donors (Lipinski definition) is 2. The first-order valence-electron chi connectivity index (χ1n) is 10.9. The van der Waals surface area contributed by atoms with Crippen LogP contribution in [0.25, 0.3) is 43.1 Å². The molecule has 0 aliphatic carbocycles. The van der Waals surface area contributed by atoms with Crippen LogP contribution < -0.4 is 5.32 Å². The highest BCUT2D eigenvalue weighted by Crippen LogP contribution is 2.41. The maximum Gasteiger partial charge on any atom is 0.143 e. The number of benzene rings is 3. The molecule has 6 heteroatoms. The molecule has 0 bridgehead atoms. The van der Waals surface area contributed by atoms with Gasteiger partial charge in [0, 0.05) is 43.0 Å². The molecule has 0 aliphatic rings. The van der Waals surface area contributed by atoms with Crippen LogP contribution in [0.15, 0.2) is 67.0 Å². The molecule has 3 aromatic heterocycles. The number of aromatic nitrogens is 3. The first kappa shape index (κ1) is 20.2. The molecular weight excluding hydrogens is 448 g/mol. The molecular formula is C27H21ClN4S. The van der Waals surface area contributed by atoms with Crippen LogP contribution in [0.1, 0.15) is 17.4 Å². The molecule has 0 spiro atoms. The van der Waals surface area contributed by atoms with Crippen LogP contribution in [-0.2, 0) is 6.42 Å². The van der Waals surface area contributed by atoms with Crippen LogP contribution in [0, 0.1) is 6.92 Å². The predicted octanol–water partition coefficient (Wildman–Crippen LogP) is 8.26. The zero-order valence-corrected chi connectivity index (χ0v) is 19.8. The van der Waals surface area contributed by atoms with Gasteiger partial charge in [-0.2, -0.15) is 0 Å². The fourth-order valence-corrected chi connectivity index (χ4v) is 5.74. The van der Waals surface area contributed by atoms with Gasteiger partial charge in [-0.3, -0.25) is 0 Å². The van der Waals surface area contributed by atoms with Crippen molar-refractivity contribution in [3.63, 3.8) is 0 Å². The van der Waals surface area contributed by atoms with E-state index in [1.165, 1.54) is 26.7 Å². The summed E-state index contributed by atoms with van der Waals surface area (Å²) in [4.78, 5) is 15.0. The summed E-state index contributed by atoms with van der Waals surface area (Å²) in [5.74, 6) is 0.805. The maximum atomic E-state index is 6.13. The van der Waals surface area contributed by atoms with E-state index in [1.54, 1.807) is 17.7 Å². The number of nitrogens with zero attached hydrogens (tertiary/aromatic N) is 2. The number of para-hydroxylation sites is 1. The molecule has 3 heterocycles. The summed E-state index contributed by atoms with van der Waals surface area (Å²) < 4.78 is 0. The normalized spacial score (nSPS) is 11.6. The van der Waals surface area contributed by atoms with Gasteiger partial charge in [-0.1, -0.05) is 54.9 Å². The van der Waals surface area contributed by atoms with Gasteiger partial charge in [0.05, 0.1) is 5.39 Å². The zero-order valence-electron chi connectivity index (χ0n) is 18.2. The Morgan fingerprint density at radius 2 is 1.85 bits per heavy atom. The minimum atomic E-state index is 0.725. The van der Waals surface area contributed by atoms with Crippen molar-refractivity contribution in [3.05, 3.63) is 82.5 Å². The number of halogens is 1. The molecule has 3 aromatic carbocycles. The molecule has 0 atom stereocenters. The van der Waals surface area contributed by atoms with Crippen LogP contribution in [-0.4, -0.2) is 15.0 Å². The van der Waals surface area contributed by atoms with Crippen LogP contribution >= 0.6 is 22.9 Å². The van der Waals surface area contributed by atoms with Gasteiger partial charge < -0.3 is 10.3 Å². The molecule has 33 heavy (non-hydrogen) atoms. The van der Waals surface area contributed by atoms with Crippen molar-refractivity contribution < 1.29 is 0 Å². The lowest BCUT2D eigenvalue weighted by molar-refractivity contribution is 1.15. The number of rotatable bonds is 4. The van der Waals surface area contributed by atoms with Crippen LogP contribution in [0.2, 0.25) is 5.02 Å². The topological polar surface area (TPSA) is 53.6 Å². The van der Waals surface area contributed by atoms with Gasteiger partial charge in [-0.15, -0.1) is 11.3 Å². The van der Waals surface area contributed by atoms with Crippen LogP contribution in [0.5, 0.6) is 0 Å². The molecule has 4 nitrogen and oxygen atoms in total. The SMILES string of the molecule is CCc1cccc2c1[nH]c1cc(Nc3ncnc4sc(C)c(-c5ccc(Cl)cc5)c34)ccc12. The van der Waals surface area contributed by atoms with E-state index in [2.05, 4.69) is 82.6 Å². The monoisotopic (exact) mass is 468 g/mol. The molecule has 6 aromatic rings. The lowest BCUT2D eigenvalue weighted by atomic mass is 10.0. The Hall–Kier alpha value is -3.41. The van der Waals surface area contributed by atoms with E-state index < -0.39 is 0 Å². The number of nitrogens with one attached hydrogen (secondary N) is 2. The first-order valence-corrected chi connectivity index (χ1v) is 12.1. The van der Waals surface area contributed by atoms with Gasteiger partial charge in [0.25, 0.3) is 0 Å². The first-order chi connectivity index (χ1) is 16.1. The number of aryl methyl sites for hydroxylation is 2. The lowest BCUT2D eigenvalue weighted by Gasteiger charge is -2.09. The third kappa shape index (κ3) is 3.36. The average Bonchev–Trinajstić information content (AvgIpc) is 3.36.